The van der Waals surface area contributed by atoms with E-state index in [2.05, 4.69) is 85.5 Å². The Morgan fingerprint density at radius 3 is 1.17 bits per heavy atom. The molecule has 0 fully saturated rings. The van der Waals surface area contributed by atoms with Crippen LogP contribution in [0.5, 0.6) is 0 Å². The molecule has 9 aromatic rings. The van der Waals surface area contributed by atoms with E-state index in [1.54, 1.807) is 221 Å². The van der Waals surface area contributed by atoms with Gasteiger partial charge in [0.2, 0.25) is 101 Å². The van der Waals surface area contributed by atoms with Crippen LogP contribution in [0.2, 0.25) is 0 Å². The molecule has 0 spiro atoms. The van der Waals surface area contributed by atoms with Crippen molar-refractivity contribution in [3.05, 3.63) is 165 Å². The van der Waals surface area contributed by atoms with Gasteiger partial charge in [-0.25, -0.2) is 0 Å². The molecule has 0 aromatic carbocycles. The molecule has 0 saturated carbocycles. The number of rotatable bonds is 9. The first-order chi connectivity index (χ1) is 56.8. The van der Waals surface area contributed by atoms with Crippen LogP contribution in [0, 0.1) is 21.6 Å². The molecule has 9 aromatic heterocycles. The average molecular weight is 1670 g/mol. The van der Waals surface area contributed by atoms with E-state index in [4.69, 9.17) is 160 Å². The van der Waals surface area contributed by atoms with E-state index in [1.165, 1.54) is 57.2 Å². The van der Waals surface area contributed by atoms with Gasteiger partial charge in [0.1, 0.15) is 5.82 Å². The number of anilines is 5. The van der Waals surface area contributed by atoms with Crippen LogP contribution in [0.15, 0.2) is 271 Å². The minimum absolute atomic E-state index is 0.0371. The van der Waals surface area contributed by atoms with Crippen molar-refractivity contribution in [2.24, 2.45) is 173 Å². The molecule has 43 N–H and O–H groups in total. The number of nitrogens with one attached hydrogen (secondary N) is 7. The van der Waals surface area contributed by atoms with Crippen LogP contribution >= 0.6 is 0 Å². The van der Waals surface area contributed by atoms with Crippen LogP contribution in [-0.4, -0.2) is 212 Å². The molecule has 0 bridgehead atoms. The van der Waals surface area contributed by atoms with E-state index < -0.39 is 0 Å². The van der Waals surface area contributed by atoms with Crippen LogP contribution in [0.3, 0.4) is 0 Å². The van der Waals surface area contributed by atoms with E-state index in [1.807, 2.05) is 6.07 Å². The molecule has 54 heteroatoms. The van der Waals surface area contributed by atoms with Gasteiger partial charge in [-0.3, -0.25) is 81.6 Å². The summed E-state index contributed by atoms with van der Waals surface area (Å²) >= 11 is 0. The van der Waals surface area contributed by atoms with E-state index in [0.29, 0.717) is 70.8 Å². The summed E-state index contributed by atoms with van der Waals surface area (Å²) in [6, 6.07) is 31.1. The molecular formula is C66H106N46O8. The summed E-state index contributed by atoms with van der Waals surface area (Å²) in [5.74, 6) is 5.75. The van der Waals surface area contributed by atoms with Gasteiger partial charge in [0.15, 0.2) is 53.6 Å². The highest BCUT2D eigenvalue weighted by Gasteiger charge is 2.16. The molecule has 0 aliphatic heterocycles. The first kappa shape index (κ1) is 100. The number of hydrogen-bond acceptors (Lipinski definition) is 20. The summed E-state index contributed by atoms with van der Waals surface area (Å²) in [6.45, 7) is 0. The maximum Gasteiger partial charge on any atom is 0.230 e. The summed E-state index contributed by atoms with van der Waals surface area (Å²) in [6.07, 6.45) is 13.9. The maximum atomic E-state index is 7.68. The molecule has 9 heterocycles. The number of aliphatic imine (C=N–C) groups is 14. The van der Waals surface area contributed by atoms with Gasteiger partial charge in [0, 0.05) is 139 Å². The second-order valence-corrected chi connectivity index (χ2v) is 21.9. The highest BCUT2D eigenvalue weighted by Crippen LogP contribution is 2.18. The Labute approximate surface area is 687 Å². The molecular weight excluding hydrogens is 1570 g/mol. The van der Waals surface area contributed by atoms with E-state index in [-0.39, 0.29) is 89.4 Å². The second kappa shape index (κ2) is 54.8. The largest absolute Gasteiger partial charge is 0.449 e. The Kier molecular flexibility index (Phi) is 45.7. The highest BCUT2D eigenvalue weighted by molar-refractivity contribution is 6.05. The van der Waals surface area contributed by atoms with Gasteiger partial charge in [0.05, 0.1) is 50.1 Å². The minimum Gasteiger partial charge on any atom is -0.449 e. The van der Waals surface area contributed by atoms with Crippen molar-refractivity contribution in [1.29, 1.82) is 21.6 Å². The second-order valence-electron chi connectivity index (χ2n) is 21.9. The van der Waals surface area contributed by atoms with Gasteiger partial charge in [0.25, 0.3) is 0 Å². The molecule has 0 aliphatic rings. The lowest BCUT2D eigenvalue weighted by atomic mass is 10.5. The normalized spacial score (nSPS) is 11.4. The summed E-state index contributed by atoms with van der Waals surface area (Å²) in [4.78, 5) is 65.9. The number of nitrogens with two attached hydrogens (primary N) is 18. The molecule has 0 unspecified atom stereocenters. The van der Waals surface area contributed by atoms with Crippen LogP contribution in [0.4, 0.5) is 52.9 Å². The van der Waals surface area contributed by atoms with E-state index >= 15 is 0 Å². The summed E-state index contributed by atoms with van der Waals surface area (Å²) in [5, 5.41) is 34.7. The van der Waals surface area contributed by atoms with Crippen LogP contribution < -0.4 is 133 Å². The standard InChI is InChI=1S/C8H14N6.3C8H13N5O.4C7H11N5O.C6H9N5O/c1-14(2)8(10)13-7(9)12-6-4-3-5-11-6;1-11-7(9)12-8(10)13(2)6-4-3-5-14-6;1-12(6-4-3-5-14-6)8(11)13(2)7(9)10;1-11-8(12-7(9)10)13(2)6-4-3-5-14-6;1-10-6(8)12-7(9)11-5-3-2-4-13-5;1-12(5-3-2-4-13-5)7(10)11-6(8)9;1-12(6(8)9)7(10)11-5-3-2-4-13-5;1-10-7(12-6(8)9)11-5-3-2-4-13-5;7-5(8)11-6(9)10-4-2-1-3-12-4/h3-5,11H,1-2H3,(H4,9,10,12,13);3-5H,1-2H3,(H4,9,10,11,12);3-5,11H,1-2H3,(H3,9,10);3-5H,1-2H3,(H4,9,10,11,12);2-4H,1H3,(H5,8,9,10,11,12);2-4H,1H3,(H5,8,9,10,11);2-4H,1H3,(H3,8,9)(H2,10,11);2-4H,1H3,(H5,8,9,10,11,12);1-3H,(H6,7,8,9,10,11). The molecule has 0 atom stereocenters. The third kappa shape index (κ3) is 42.0. The van der Waals surface area contributed by atoms with Gasteiger partial charge in [-0.2, -0.15) is 49.9 Å². The molecule has 0 amide bonds. The zero-order chi connectivity index (χ0) is 90.4. The fourth-order valence-corrected chi connectivity index (χ4v) is 6.82. The van der Waals surface area contributed by atoms with Gasteiger partial charge >= 0.3 is 0 Å². The molecule has 0 radical (unpaired) electrons. The van der Waals surface area contributed by atoms with Crippen LogP contribution in [-0.2, 0) is 0 Å². The average Bonchev–Trinajstić information content (AvgIpc) is 1.75. The third-order valence-corrected chi connectivity index (χ3v) is 12.8. The Morgan fingerprint density at radius 1 is 0.350 bits per heavy atom. The zero-order valence-corrected chi connectivity index (χ0v) is 67.6. The molecule has 120 heavy (non-hydrogen) atoms. The quantitative estimate of drug-likeness (QED) is 0.0637. The molecule has 0 saturated heterocycles. The lowest BCUT2D eigenvalue weighted by Crippen LogP contribution is -2.45. The monoisotopic (exact) mass is 1670 g/mol. The fraction of sp³-hybridized carbons (Fsp3) is 0.182. The Morgan fingerprint density at radius 2 is 0.775 bits per heavy atom. The van der Waals surface area contributed by atoms with Crippen molar-refractivity contribution < 1.29 is 35.3 Å². The number of hydrogen-bond donors (Lipinski definition) is 25. The topological polar surface area (TPSA) is 904 Å². The van der Waals surface area contributed by atoms with Crippen molar-refractivity contribution in [1.82, 2.24) is 25.0 Å². The SMILES string of the molecule is CN(C(=N)N)C(=N)N(C)c1ccco1.CN(C(=N)N)C(N)=Nc1ccco1.CN(C(=N)N=C(N)N)c1ccco1.CN(C)C(N)=NC(N)=Nc1ccc[nH]1.CN=C(N)N=C(N)N(C)c1ccco1.CN=C(N)NC(N)=Nc1ccco1.CN=C(N=C(N)N)N(C)c1ccco1.CN=C(N=C(N)N)Nc1ccco1.NC(N)=NC(N)=Nc1ccco1. The summed E-state index contributed by atoms with van der Waals surface area (Å²) in [5.41, 5.74) is 95.4. The van der Waals surface area contributed by atoms with Gasteiger partial charge in [-0.15, -0.1) is 0 Å². The molecule has 0 aliphatic carbocycles. The number of guanidine groups is 18. The smallest absolute Gasteiger partial charge is 0.230 e. The van der Waals surface area contributed by atoms with Gasteiger partial charge in [-0.05, 0) is 60.7 Å². The third-order valence-electron chi connectivity index (χ3n) is 12.8. The van der Waals surface area contributed by atoms with Gasteiger partial charge < -0.3 is 148 Å². The van der Waals surface area contributed by atoms with Crippen molar-refractivity contribution in [2.45, 2.75) is 0 Å². The highest BCUT2D eigenvalue weighted by atomic mass is 16.4. The number of nitrogens with zero attached hydrogens (tertiary/aromatic N) is 21. The fourth-order valence-electron chi connectivity index (χ4n) is 6.82. The summed E-state index contributed by atoms with van der Waals surface area (Å²) < 4.78 is 40.1. The van der Waals surface area contributed by atoms with Gasteiger partial charge in [-0.1, -0.05) is 0 Å². The van der Waals surface area contributed by atoms with Crippen LogP contribution in [0.1, 0.15) is 0 Å². The van der Waals surface area contributed by atoms with E-state index in [0.717, 1.165) is 0 Å². The van der Waals surface area contributed by atoms with Crippen molar-refractivity contribution in [3.8, 4) is 0 Å². The minimum atomic E-state index is -0.187. The predicted molar refractivity (Wildman–Crippen MR) is 473 cm³/mol. The lowest BCUT2D eigenvalue weighted by molar-refractivity contribution is 0.564. The first-order valence-corrected chi connectivity index (χ1v) is 33.5. The Bertz CT molecular complexity index is 4820. The number of aromatic amines is 1. The molecule has 54 nitrogen and oxygen atoms in total. The van der Waals surface area contributed by atoms with E-state index in [9.17, 15) is 0 Å². The number of H-pyrrole nitrogens is 1. The predicted octanol–water partition coefficient (Wildman–Crippen LogP) is -0.552. The zero-order valence-electron chi connectivity index (χ0n) is 67.6. The van der Waals surface area contributed by atoms with Crippen LogP contribution in [0.25, 0.3) is 0 Å². The lowest BCUT2D eigenvalue weighted by Gasteiger charge is -2.24. The maximum absolute atomic E-state index is 7.68. The number of furan rings is 8. The summed E-state index contributed by atoms with van der Waals surface area (Å²) in [7, 11) is 19.7. The Balaban J connectivity index is 0.000000675. The van der Waals surface area contributed by atoms with Crippen molar-refractivity contribution in [2.75, 3.05) is 109 Å². The molecule has 9 rings (SSSR count). The van der Waals surface area contributed by atoms with Crippen molar-refractivity contribution in [3.63, 3.8) is 0 Å². The van der Waals surface area contributed by atoms with Crippen molar-refractivity contribution >= 4 is 160 Å². The molecule has 648 valence electrons. The number of aromatic nitrogens is 1. The first-order valence-electron chi connectivity index (χ1n) is 33.5. The Hall–Kier alpha value is -17.8.